The Bertz CT molecular complexity index is 778. The van der Waals surface area contributed by atoms with Crippen LogP contribution >= 0.6 is 0 Å². The molecular weight excluding hydrogens is 332 g/mol. The summed E-state index contributed by atoms with van der Waals surface area (Å²) in [5.41, 5.74) is 10.6. The lowest BCUT2D eigenvalue weighted by molar-refractivity contribution is 0.100. The molecule has 0 aliphatic heterocycles. The molecule has 1 fully saturated rings. The Morgan fingerprint density at radius 1 is 1.07 bits per heavy atom. The molecule has 0 radical (unpaired) electrons. The number of amides is 1. The van der Waals surface area contributed by atoms with Crippen LogP contribution in [0.15, 0.2) is 42.5 Å². The smallest absolute Gasteiger partial charge is 0.249 e. The topological polar surface area (TPSA) is 46.3 Å². The van der Waals surface area contributed by atoms with Crippen LogP contribution in [0.1, 0.15) is 60.0 Å². The molecule has 3 heteroatoms. The van der Waals surface area contributed by atoms with Crippen LogP contribution in [0, 0.1) is 12.8 Å². The molecule has 3 nitrogen and oxygen atoms in total. The van der Waals surface area contributed by atoms with Crippen molar-refractivity contribution >= 4 is 5.91 Å². The number of hydrogen-bond donors (Lipinski definition) is 1. The minimum atomic E-state index is -0.370. The maximum atomic E-state index is 11.9. The molecule has 0 saturated heterocycles. The molecule has 27 heavy (non-hydrogen) atoms. The van der Waals surface area contributed by atoms with Gasteiger partial charge in [-0.05, 0) is 67.2 Å². The summed E-state index contributed by atoms with van der Waals surface area (Å²) < 4.78 is 0. The van der Waals surface area contributed by atoms with Gasteiger partial charge in [0.1, 0.15) is 0 Å². The van der Waals surface area contributed by atoms with Gasteiger partial charge in [-0.3, -0.25) is 4.79 Å². The van der Waals surface area contributed by atoms with Crippen molar-refractivity contribution < 1.29 is 4.79 Å². The number of aryl methyl sites for hydroxylation is 1. The molecule has 3 rings (SSSR count). The van der Waals surface area contributed by atoms with E-state index in [4.69, 9.17) is 5.73 Å². The number of nitrogens with two attached hydrogens (primary N) is 1. The first kappa shape index (κ1) is 19.6. The Morgan fingerprint density at radius 2 is 1.81 bits per heavy atom. The standard InChI is InChI=1S/C24H32N2O/c1-18-8-6-7-11-21(18)23-16-20(12-13-22(23)24(25)27)17-26(2)15-14-19-9-4-3-5-10-19/h6-8,11-13,16,19H,3-5,9-10,14-15,17H2,1-2H3,(H2,25,27). The van der Waals surface area contributed by atoms with Crippen LogP contribution in [0.3, 0.4) is 0 Å². The van der Waals surface area contributed by atoms with Crippen LogP contribution in [0.5, 0.6) is 0 Å². The zero-order valence-electron chi connectivity index (χ0n) is 16.7. The fourth-order valence-corrected chi connectivity index (χ4v) is 4.27. The molecule has 144 valence electrons. The highest BCUT2D eigenvalue weighted by atomic mass is 16.1. The van der Waals surface area contributed by atoms with Gasteiger partial charge in [0.15, 0.2) is 0 Å². The van der Waals surface area contributed by atoms with Gasteiger partial charge in [-0.25, -0.2) is 0 Å². The number of rotatable bonds is 7. The number of carbonyl (C=O) groups is 1. The van der Waals surface area contributed by atoms with Gasteiger partial charge in [0.05, 0.1) is 0 Å². The second kappa shape index (κ2) is 9.18. The predicted octanol–water partition coefficient (Wildman–Crippen LogP) is 5.16. The van der Waals surface area contributed by atoms with Gasteiger partial charge in [-0.1, -0.05) is 62.4 Å². The van der Waals surface area contributed by atoms with E-state index in [1.54, 1.807) is 0 Å². The van der Waals surface area contributed by atoms with Gasteiger partial charge in [0, 0.05) is 12.1 Å². The molecule has 1 aliphatic carbocycles. The third-order valence-corrected chi connectivity index (χ3v) is 5.88. The van der Waals surface area contributed by atoms with Crippen LogP contribution in [-0.2, 0) is 6.54 Å². The third-order valence-electron chi connectivity index (χ3n) is 5.88. The zero-order chi connectivity index (χ0) is 19.2. The second-order valence-corrected chi connectivity index (χ2v) is 8.09. The molecule has 0 aromatic heterocycles. The van der Waals surface area contributed by atoms with Crippen molar-refractivity contribution in [2.75, 3.05) is 13.6 Å². The van der Waals surface area contributed by atoms with Crippen LogP contribution in [0.4, 0.5) is 0 Å². The lowest BCUT2D eigenvalue weighted by Gasteiger charge is -2.25. The number of nitrogens with zero attached hydrogens (tertiary/aromatic N) is 1. The van der Waals surface area contributed by atoms with Crippen molar-refractivity contribution in [2.45, 2.75) is 52.0 Å². The van der Waals surface area contributed by atoms with Gasteiger partial charge in [0.25, 0.3) is 0 Å². The van der Waals surface area contributed by atoms with E-state index in [9.17, 15) is 4.79 Å². The van der Waals surface area contributed by atoms with Crippen LogP contribution < -0.4 is 5.73 Å². The quantitative estimate of drug-likeness (QED) is 0.737. The molecule has 1 amide bonds. The number of primary amides is 1. The molecule has 0 spiro atoms. The molecule has 0 bridgehead atoms. The van der Waals surface area contributed by atoms with Gasteiger partial charge in [-0.15, -0.1) is 0 Å². The van der Waals surface area contributed by atoms with Gasteiger partial charge in [0.2, 0.25) is 5.91 Å². The van der Waals surface area contributed by atoms with Crippen molar-refractivity contribution in [3.05, 3.63) is 59.2 Å². The summed E-state index contributed by atoms with van der Waals surface area (Å²) in [4.78, 5) is 14.3. The summed E-state index contributed by atoms with van der Waals surface area (Å²) in [5, 5.41) is 0. The van der Waals surface area contributed by atoms with E-state index < -0.39 is 0 Å². The molecule has 0 atom stereocenters. The fraction of sp³-hybridized carbons (Fsp3) is 0.458. The summed E-state index contributed by atoms with van der Waals surface area (Å²) in [6, 6.07) is 14.2. The molecule has 2 aromatic carbocycles. The first-order valence-corrected chi connectivity index (χ1v) is 10.2. The van der Waals surface area contributed by atoms with E-state index in [2.05, 4.69) is 37.1 Å². The monoisotopic (exact) mass is 364 g/mol. The average Bonchev–Trinajstić information content (AvgIpc) is 2.67. The normalized spacial score (nSPS) is 15.2. The van der Waals surface area contributed by atoms with Gasteiger partial charge < -0.3 is 10.6 Å². The molecule has 2 N–H and O–H groups in total. The number of benzene rings is 2. The minimum Gasteiger partial charge on any atom is -0.366 e. The SMILES string of the molecule is Cc1ccccc1-c1cc(CN(C)CCC2CCCCC2)ccc1C(N)=O. The maximum Gasteiger partial charge on any atom is 0.249 e. The number of carbonyl (C=O) groups excluding carboxylic acids is 1. The second-order valence-electron chi connectivity index (χ2n) is 8.09. The first-order chi connectivity index (χ1) is 13.0. The summed E-state index contributed by atoms with van der Waals surface area (Å²) >= 11 is 0. The van der Waals surface area contributed by atoms with Crippen molar-refractivity contribution in [1.29, 1.82) is 0 Å². The average molecular weight is 365 g/mol. The van der Waals surface area contributed by atoms with E-state index in [1.807, 2.05) is 24.3 Å². The fourth-order valence-electron chi connectivity index (χ4n) is 4.27. The Hall–Kier alpha value is -2.13. The highest BCUT2D eigenvalue weighted by Crippen LogP contribution is 2.29. The van der Waals surface area contributed by atoms with E-state index in [0.717, 1.165) is 35.7 Å². The minimum absolute atomic E-state index is 0.370. The lowest BCUT2D eigenvalue weighted by atomic mass is 9.87. The summed E-state index contributed by atoms with van der Waals surface area (Å²) in [6.07, 6.45) is 8.32. The molecule has 1 aliphatic rings. The largest absolute Gasteiger partial charge is 0.366 e. The van der Waals surface area contributed by atoms with E-state index in [-0.39, 0.29) is 5.91 Å². The summed E-state index contributed by atoms with van der Waals surface area (Å²) in [7, 11) is 2.19. The molecule has 0 unspecified atom stereocenters. The zero-order valence-corrected chi connectivity index (χ0v) is 16.7. The van der Waals surface area contributed by atoms with Crippen molar-refractivity contribution in [3.8, 4) is 11.1 Å². The van der Waals surface area contributed by atoms with E-state index in [0.29, 0.717) is 5.56 Å². The first-order valence-electron chi connectivity index (χ1n) is 10.2. The van der Waals surface area contributed by atoms with E-state index >= 15 is 0 Å². The number of hydrogen-bond acceptors (Lipinski definition) is 2. The Balaban J connectivity index is 1.73. The van der Waals surface area contributed by atoms with Crippen molar-refractivity contribution in [2.24, 2.45) is 11.7 Å². The maximum absolute atomic E-state index is 11.9. The lowest BCUT2D eigenvalue weighted by Crippen LogP contribution is -2.22. The summed E-state index contributed by atoms with van der Waals surface area (Å²) in [5.74, 6) is 0.534. The third kappa shape index (κ3) is 5.20. The van der Waals surface area contributed by atoms with Crippen LogP contribution in [-0.4, -0.2) is 24.4 Å². The van der Waals surface area contributed by atoms with Gasteiger partial charge >= 0.3 is 0 Å². The Morgan fingerprint density at radius 3 is 2.52 bits per heavy atom. The van der Waals surface area contributed by atoms with Crippen molar-refractivity contribution in [3.63, 3.8) is 0 Å². The van der Waals surface area contributed by atoms with Crippen LogP contribution in [0.25, 0.3) is 11.1 Å². The Kier molecular flexibility index (Phi) is 6.68. The predicted molar refractivity (Wildman–Crippen MR) is 113 cm³/mol. The molecule has 2 aromatic rings. The van der Waals surface area contributed by atoms with Crippen LogP contribution in [0.2, 0.25) is 0 Å². The van der Waals surface area contributed by atoms with Gasteiger partial charge in [-0.2, -0.15) is 0 Å². The highest BCUT2D eigenvalue weighted by molar-refractivity contribution is 6.00. The van der Waals surface area contributed by atoms with E-state index in [1.165, 1.54) is 44.1 Å². The molecule has 0 heterocycles. The summed E-state index contributed by atoms with van der Waals surface area (Å²) in [6.45, 7) is 4.09. The van der Waals surface area contributed by atoms with Crippen molar-refractivity contribution in [1.82, 2.24) is 4.90 Å². The molecule has 1 saturated carbocycles. The highest BCUT2D eigenvalue weighted by Gasteiger charge is 2.15. The molecular formula is C24H32N2O. The Labute approximate surface area is 163 Å².